The summed E-state index contributed by atoms with van der Waals surface area (Å²) in [6, 6.07) is 23.5. The van der Waals surface area contributed by atoms with Crippen LogP contribution >= 0.6 is 0 Å². The van der Waals surface area contributed by atoms with Crippen molar-refractivity contribution in [2.24, 2.45) is 0 Å². The average Bonchev–Trinajstić information content (AvgIpc) is 2.97. The number of hydrogen-bond donors (Lipinski definition) is 1. The minimum absolute atomic E-state index is 0.0486. The largest absolute Gasteiger partial charge is 0.492 e. The van der Waals surface area contributed by atoms with Gasteiger partial charge in [-0.25, -0.2) is 8.42 Å². The highest BCUT2D eigenvalue weighted by molar-refractivity contribution is 7.92. The van der Waals surface area contributed by atoms with E-state index < -0.39 is 28.5 Å². The van der Waals surface area contributed by atoms with Gasteiger partial charge in [0.2, 0.25) is 11.8 Å². The molecule has 0 bridgehead atoms. The van der Waals surface area contributed by atoms with Crippen LogP contribution in [0, 0.1) is 0 Å². The summed E-state index contributed by atoms with van der Waals surface area (Å²) in [7, 11) is -4.15. The highest BCUT2D eigenvalue weighted by atomic mass is 32.2. The Bertz CT molecular complexity index is 1350. The smallest absolute Gasteiger partial charge is 0.264 e. The van der Waals surface area contributed by atoms with Crippen molar-refractivity contribution in [2.45, 2.75) is 57.5 Å². The molecule has 1 N–H and O–H groups in total. The normalized spacial score (nSPS) is 12.7. The molecular weight excluding hydrogens is 526 g/mol. The van der Waals surface area contributed by atoms with Gasteiger partial charge in [-0.05, 0) is 63.4 Å². The monoisotopic (exact) mass is 565 g/mol. The Hall–Kier alpha value is -3.85. The summed E-state index contributed by atoms with van der Waals surface area (Å²) in [5.41, 5.74) is 1.26. The molecule has 0 unspecified atom stereocenters. The summed E-state index contributed by atoms with van der Waals surface area (Å²) >= 11 is 0. The predicted octanol–water partition coefficient (Wildman–Crippen LogP) is 4.66. The molecule has 0 spiro atoms. The van der Waals surface area contributed by atoms with E-state index in [9.17, 15) is 18.0 Å². The molecule has 0 saturated carbocycles. The Kier molecular flexibility index (Phi) is 11.1. The lowest BCUT2D eigenvalue weighted by Gasteiger charge is -2.32. The Morgan fingerprint density at radius 2 is 1.48 bits per heavy atom. The van der Waals surface area contributed by atoms with E-state index in [4.69, 9.17) is 4.74 Å². The summed E-state index contributed by atoms with van der Waals surface area (Å²) in [5, 5.41) is 2.95. The molecule has 0 radical (unpaired) electrons. The Balaban J connectivity index is 2.01. The van der Waals surface area contributed by atoms with Gasteiger partial charge in [-0.2, -0.15) is 0 Å². The highest BCUT2D eigenvalue weighted by Crippen LogP contribution is 2.32. The Morgan fingerprint density at radius 3 is 2.10 bits per heavy atom. The quantitative estimate of drug-likeness (QED) is 0.307. The average molecular weight is 566 g/mol. The van der Waals surface area contributed by atoms with Gasteiger partial charge in [0.15, 0.2) is 0 Å². The minimum atomic E-state index is -4.15. The number of nitrogens with one attached hydrogen (secondary N) is 1. The number of para-hydroxylation sites is 2. The van der Waals surface area contributed by atoms with Crippen molar-refractivity contribution in [1.29, 1.82) is 0 Å². The SMILES string of the molecule is CCOc1ccccc1N(CC(=O)N(CCc1ccccc1)[C@H](C)C(=O)N[C@@H](C)CC)S(=O)(=O)c1ccccc1. The highest BCUT2D eigenvalue weighted by Gasteiger charge is 2.33. The molecule has 9 heteroatoms. The zero-order chi connectivity index (χ0) is 29.1. The number of rotatable bonds is 14. The molecule has 8 nitrogen and oxygen atoms in total. The van der Waals surface area contributed by atoms with E-state index in [1.54, 1.807) is 56.3 Å². The number of amides is 2. The van der Waals surface area contributed by atoms with E-state index in [1.165, 1.54) is 17.0 Å². The van der Waals surface area contributed by atoms with Crippen molar-refractivity contribution in [1.82, 2.24) is 10.2 Å². The van der Waals surface area contributed by atoms with Gasteiger partial charge in [-0.15, -0.1) is 0 Å². The number of anilines is 1. The number of ether oxygens (including phenoxy) is 1. The molecule has 3 aromatic rings. The van der Waals surface area contributed by atoms with Gasteiger partial charge in [0.25, 0.3) is 10.0 Å². The first kappa shape index (κ1) is 30.7. The van der Waals surface area contributed by atoms with Crippen LogP contribution in [0.1, 0.15) is 39.7 Å². The molecule has 40 heavy (non-hydrogen) atoms. The zero-order valence-electron chi connectivity index (χ0n) is 23.6. The van der Waals surface area contributed by atoms with Crippen LogP contribution in [0.3, 0.4) is 0 Å². The van der Waals surface area contributed by atoms with Crippen LogP contribution in [0.15, 0.2) is 89.8 Å². The molecule has 2 amide bonds. The maximum atomic E-state index is 14.0. The first-order chi connectivity index (χ1) is 19.2. The first-order valence-electron chi connectivity index (χ1n) is 13.6. The summed E-state index contributed by atoms with van der Waals surface area (Å²) in [4.78, 5) is 28.6. The van der Waals surface area contributed by atoms with Gasteiger partial charge in [0, 0.05) is 12.6 Å². The summed E-state index contributed by atoms with van der Waals surface area (Å²) in [6.45, 7) is 7.41. The van der Waals surface area contributed by atoms with Crippen LogP contribution in [-0.4, -0.2) is 56.9 Å². The molecular formula is C31H39N3O5S. The summed E-state index contributed by atoms with van der Waals surface area (Å²) in [6.07, 6.45) is 1.25. The number of carbonyl (C=O) groups is 2. The van der Waals surface area contributed by atoms with Crippen LogP contribution in [-0.2, 0) is 26.0 Å². The first-order valence-corrected chi connectivity index (χ1v) is 15.1. The lowest BCUT2D eigenvalue weighted by atomic mass is 10.1. The molecule has 0 aliphatic rings. The number of nitrogens with zero attached hydrogens (tertiary/aromatic N) is 2. The summed E-state index contributed by atoms with van der Waals surface area (Å²) < 4.78 is 34.7. The van der Waals surface area contributed by atoms with Crippen molar-refractivity contribution in [3.63, 3.8) is 0 Å². The van der Waals surface area contributed by atoms with E-state index >= 15 is 0 Å². The van der Waals surface area contributed by atoms with Gasteiger partial charge in [0.1, 0.15) is 18.3 Å². The van der Waals surface area contributed by atoms with Crippen molar-refractivity contribution >= 4 is 27.5 Å². The minimum Gasteiger partial charge on any atom is -0.492 e. The fourth-order valence-electron chi connectivity index (χ4n) is 4.21. The van der Waals surface area contributed by atoms with Gasteiger partial charge < -0.3 is 15.0 Å². The molecule has 0 aromatic heterocycles. The molecule has 0 fully saturated rings. The van der Waals surface area contributed by atoms with Gasteiger partial charge in [0.05, 0.1) is 17.2 Å². The molecule has 3 rings (SSSR count). The zero-order valence-corrected chi connectivity index (χ0v) is 24.4. The number of carbonyl (C=O) groups excluding carboxylic acids is 2. The van der Waals surface area contributed by atoms with E-state index in [0.717, 1.165) is 16.3 Å². The second-order valence-electron chi connectivity index (χ2n) is 9.54. The van der Waals surface area contributed by atoms with Crippen molar-refractivity contribution in [2.75, 3.05) is 24.0 Å². The number of benzene rings is 3. The Labute approximate surface area is 238 Å². The fourth-order valence-corrected chi connectivity index (χ4v) is 5.66. The van der Waals surface area contributed by atoms with Crippen LogP contribution in [0.25, 0.3) is 0 Å². The molecule has 0 saturated heterocycles. The van der Waals surface area contributed by atoms with Crippen molar-refractivity contribution in [3.8, 4) is 5.75 Å². The van der Waals surface area contributed by atoms with Crippen LogP contribution in [0.2, 0.25) is 0 Å². The van der Waals surface area contributed by atoms with E-state index in [-0.39, 0.29) is 29.1 Å². The maximum absolute atomic E-state index is 14.0. The van der Waals surface area contributed by atoms with Crippen LogP contribution in [0.5, 0.6) is 5.75 Å². The second kappa shape index (κ2) is 14.5. The van der Waals surface area contributed by atoms with Gasteiger partial charge in [-0.3, -0.25) is 13.9 Å². The standard InChI is InChI=1S/C31H39N3O5S/c1-5-24(3)32-31(36)25(4)33(22-21-26-15-9-7-10-16-26)30(35)23-34(28-19-13-14-20-29(28)39-6-2)40(37,38)27-17-11-8-12-18-27/h7-20,24-25H,5-6,21-23H2,1-4H3,(H,32,36)/t24-,25+/m0/s1. The number of sulfonamides is 1. The fraction of sp³-hybridized carbons (Fsp3) is 0.355. The Morgan fingerprint density at radius 1 is 0.875 bits per heavy atom. The van der Waals surface area contributed by atoms with Gasteiger partial charge >= 0.3 is 0 Å². The van der Waals surface area contributed by atoms with E-state index in [0.29, 0.717) is 18.8 Å². The third-order valence-electron chi connectivity index (χ3n) is 6.70. The maximum Gasteiger partial charge on any atom is 0.264 e. The van der Waals surface area contributed by atoms with Crippen LogP contribution < -0.4 is 14.4 Å². The molecule has 3 aromatic carbocycles. The van der Waals surface area contributed by atoms with Crippen molar-refractivity contribution in [3.05, 3.63) is 90.5 Å². The second-order valence-corrected chi connectivity index (χ2v) is 11.4. The van der Waals surface area contributed by atoms with E-state index in [1.807, 2.05) is 44.2 Å². The lowest BCUT2D eigenvalue weighted by Crippen LogP contribution is -2.53. The molecule has 0 heterocycles. The van der Waals surface area contributed by atoms with Gasteiger partial charge in [-0.1, -0.05) is 67.6 Å². The number of hydrogen-bond acceptors (Lipinski definition) is 5. The molecule has 2 atom stereocenters. The van der Waals surface area contributed by atoms with E-state index in [2.05, 4.69) is 5.32 Å². The van der Waals surface area contributed by atoms with Crippen molar-refractivity contribution < 1.29 is 22.7 Å². The third-order valence-corrected chi connectivity index (χ3v) is 8.47. The lowest BCUT2D eigenvalue weighted by molar-refractivity contribution is -0.139. The predicted molar refractivity (Wildman–Crippen MR) is 158 cm³/mol. The third kappa shape index (κ3) is 7.85. The summed E-state index contributed by atoms with van der Waals surface area (Å²) in [5.74, 6) is -0.438. The van der Waals surface area contributed by atoms with Crippen LogP contribution in [0.4, 0.5) is 5.69 Å². The molecule has 0 aliphatic heterocycles. The topological polar surface area (TPSA) is 96.0 Å². The molecule has 214 valence electrons. The molecule has 0 aliphatic carbocycles.